The van der Waals surface area contributed by atoms with Gasteiger partial charge in [0.1, 0.15) is 0 Å². The van der Waals surface area contributed by atoms with Crippen LogP contribution in [0.2, 0.25) is 0 Å². The summed E-state index contributed by atoms with van der Waals surface area (Å²) < 4.78 is 26.1. The van der Waals surface area contributed by atoms with Crippen molar-refractivity contribution in [3.8, 4) is 0 Å². The number of halogens is 3. The molecule has 0 fully saturated rings. The van der Waals surface area contributed by atoms with E-state index in [0.29, 0.717) is 6.42 Å². The molecule has 0 saturated carbocycles. The van der Waals surface area contributed by atoms with E-state index in [-0.39, 0.29) is 5.38 Å². The average molecular weight is 313 g/mol. The fraction of sp³-hybridized carbons (Fsp3) is 0.375. The van der Waals surface area contributed by atoms with Gasteiger partial charge in [-0.1, -0.05) is 6.07 Å². The predicted molar refractivity (Wildman–Crippen MR) is 79.6 cm³/mol. The van der Waals surface area contributed by atoms with Crippen LogP contribution in [0.3, 0.4) is 0 Å². The zero-order chi connectivity index (χ0) is 14.1. The number of fused-ring (bicyclic) bond motifs is 1. The molecule has 0 amide bonds. The van der Waals surface area contributed by atoms with Crippen LogP contribution in [0.5, 0.6) is 0 Å². The van der Waals surface area contributed by atoms with Gasteiger partial charge < -0.3 is 0 Å². The van der Waals surface area contributed by atoms with Gasteiger partial charge in [0.25, 0.3) is 0 Å². The second-order valence-corrected chi connectivity index (χ2v) is 6.92. The third-order valence-electron chi connectivity index (χ3n) is 3.72. The Labute approximate surface area is 126 Å². The van der Waals surface area contributed by atoms with Crippen molar-refractivity contribution in [2.24, 2.45) is 0 Å². The van der Waals surface area contributed by atoms with Crippen LogP contribution in [0.1, 0.15) is 39.1 Å². The maximum atomic E-state index is 13.2. The van der Waals surface area contributed by atoms with Gasteiger partial charge in [0, 0.05) is 9.75 Å². The summed E-state index contributed by atoms with van der Waals surface area (Å²) in [5, 5.41) is -0.171. The molecule has 0 aliphatic heterocycles. The SMILES string of the molecule is Fc1ccc(CC(Cl)c2cc3c(s2)CCCC3)cc1F. The van der Waals surface area contributed by atoms with E-state index in [0.717, 1.165) is 29.3 Å². The molecule has 0 radical (unpaired) electrons. The van der Waals surface area contributed by atoms with Gasteiger partial charge in [-0.15, -0.1) is 22.9 Å². The molecule has 20 heavy (non-hydrogen) atoms. The van der Waals surface area contributed by atoms with Crippen molar-refractivity contribution in [1.82, 2.24) is 0 Å². The Kier molecular flexibility index (Phi) is 4.08. The lowest BCUT2D eigenvalue weighted by Crippen LogP contribution is -1.97. The predicted octanol–water partition coefficient (Wildman–Crippen LogP) is 5.43. The molecule has 1 aliphatic carbocycles. The molecule has 0 nitrogen and oxygen atoms in total. The van der Waals surface area contributed by atoms with E-state index >= 15 is 0 Å². The average Bonchev–Trinajstić information content (AvgIpc) is 2.87. The number of hydrogen-bond acceptors (Lipinski definition) is 1. The van der Waals surface area contributed by atoms with E-state index in [1.165, 1.54) is 29.3 Å². The summed E-state index contributed by atoms with van der Waals surface area (Å²) >= 11 is 8.22. The molecule has 1 aromatic heterocycles. The molecule has 106 valence electrons. The van der Waals surface area contributed by atoms with E-state index in [9.17, 15) is 8.78 Å². The van der Waals surface area contributed by atoms with E-state index in [4.69, 9.17) is 11.6 Å². The van der Waals surface area contributed by atoms with Gasteiger partial charge >= 0.3 is 0 Å². The van der Waals surface area contributed by atoms with Crippen LogP contribution in [0.4, 0.5) is 8.78 Å². The second-order valence-electron chi connectivity index (χ2n) is 5.22. The van der Waals surface area contributed by atoms with Crippen LogP contribution < -0.4 is 0 Å². The first-order chi connectivity index (χ1) is 9.63. The van der Waals surface area contributed by atoms with Crippen molar-refractivity contribution in [1.29, 1.82) is 0 Å². The lowest BCUT2D eigenvalue weighted by atomic mass is 9.99. The van der Waals surface area contributed by atoms with E-state index < -0.39 is 11.6 Å². The van der Waals surface area contributed by atoms with Crippen LogP contribution in [0, 0.1) is 11.6 Å². The summed E-state index contributed by atoms with van der Waals surface area (Å²) in [5.74, 6) is -1.62. The minimum atomic E-state index is -0.813. The molecule has 1 aromatic carbocycles. The van der Waals surface area contributed by atoms with Crippen LogP contribution in [0.25, 0.3) is 0 Å². The van der Waals surface area contributed by atoms with Gasteiger partial charge in [0.2, 0.25) is 0 Å². The third kappa shape index (κ3) is 2.89. The Balaban J connectivity index is 1.76. The molecule has 3 rings (SSSR count). The molecule has 1 unspecified atom stereocenters. The summed E-state index contributed by atoms with van der Waals surface area (Å²) in [6.45, 7) is 0. The molecule has 0 spiro atoms. The minimum absolute atomic E-state index is 0.171. The first-order valence-electron chi connectivity index (χ1n) is 6.83. The van der Waals surface area contributed by atoms with E-state index in [2.05, 4.69) is 6.07 Å². The van der Waals surface area contributed by atoms with Gasteiger partial charge in [-0.05, 0) is 61.4 Å². The van der Waals surface area contributed by atoms with Gasteiger partial charge in [-0.2, -0.15) is 0 Å². The number of rotatable bonds is 3. The summed E-state index contributed by atoms with van der Waals surface area (Å²) in [5.41, 5.74) is 2.16. The molecule has 1 atom stereocenters. The molecular formula is C16H15ClF2S. The monoisotopic (exact) mass is 312 g/mol. The molecule has 0 saturated heterocycles. The second kappa shape index (κ2) is 5.82. The number of benzene rings is 1. The number of aryl methyl sites for hydroxylation is 2. The molecule has 2 aromatic rings. The Hall–Kier alpha value is -0.930. The lowest BCUT2D eigenvalue weighted by Gasteiger charge is -2.08. The van der Waals surface area contributed by atoms with Crippen molar-refractivity contribution < 1.29 is 8.78 Å². The number of thiophene rings is 1. The molecule has 1 heterocycles. The highest BCUT2D eigenvalue weighted by molar-refractivity contribution is 7.12. The largest absolute Gasteiger partial charge is 0.204 e. The maximum absolute atomic E-state index is 13.2. The third-order valence-corrected chi connectivity index (χ3v) is 5.59. The number of alkyl halides is 1. The minimum Gasteiger partial charge on any atom is -0.204 e. The Morgan fingerprint density at radius 1 is 1.10 bits per heavy atom. The summed E-state index contributed by atoms with van der Waals surface area (Å²) in [4.78, 5) is 2.59. The summed E-state index contributed by atoms with van der Waals surface area (Å²) in [7, 11) is 0. The summed E-state index contributed by atoms with van der Waals surface area (Å²) in [6, 6.07) is 6.18. The Morgan fingerprint density at radius 3 is 2.65 bits per heavy atom. The molecule has 0 bridgehead atoms. The Bertz CT molecular complexity index is 597. The van der Waals surface area contributed by atoms with Crippen LogP contribution in [-0.4, -0.2) is 0 Å². The van der Waals surface area contributed by atoms with Crippen molar-refractivity contribution >= 4 is 22.9 Å². The fourth-order valence-electron chi connectivity index (χ4n) is 2.64. The maximum Gasteiger partial charge on any atom is 0.159 e. The zero-order valence-corrected chi connectivity index (χ0v) is 12.5. The van der Waals surface area contributed by atoms with E-state index in [1.807, 2.05) is 0 Å². The van der Waals surface area contributed by atoms with Crippen molar-refractivity contribution in [2.75, 3.05) is 0 Å². The molecule has 4 heteroatoms. The fourth-order valence-corrected chi connectivity index (χ4v) is 4.25. The molecular weight excluding hydrogens is 298 g/mol. The smallest absolute Gasteiger partial charge is 0.159 e. The first-order valence-corrected chi connectivity index (χ1v) is 8.08. The van der Waals surface area contributed by atoms with Crippen LogP contribution >= 0.6 is 22.9 Å². The quantitative estimate of drug-likeness (QED) is 0.663. The standard InChI is InChI=1S/C16H15ClF2S/c17-12(7-10-5-6-13(18)14(19)8-10)16-9-11-3-1-2-4-15(11)20-16/h5-6,8-9,12H,1-4,7H2. The van der Waals surface area contributed by atoms with Crippen molar-refractivity contribution in [3.63, 3.8) is 0 Å². The van der Waals surface area contributed by atoms with Gasteiger partial charge in [0.15, 0.2) is 11.6 Å². The first kappa shape index (κ1) is 14.0. The van der Waals surface area contributed by atoms with Gasteiger partial charge in [-0.25, -0.2) is 8.78 Å². The van der Waals surface area contributed by atoms with Gasteiger partial charge in [-0.3, -0.25) is 0 Å². The van der Waals surface area contributed by atoms with Crippen molar-refractivity contribution in [3.05, 3.63) is 56.8 Å². The molecule has 1 aliphatic rings. The normalized spacial score (nSPS) is 15.9. The topological polar surface area (TPSA) is 0 Å². The lowest BCUT2D eigenvalue weighted by molar-refractivity contribution is 0.507. The zero-order valence-electron chi connectivity index (χ0n) is 11.0. The number of hydrogen-bond donors (Lipinski definition) is 0. The Morgan fingerprint density at radius 2 is 1.90 bits per heavy atom. The highest BCUT2D eigenvalue weighted by atomic mass is 35.5. The van der Waals surface area contributed by atoms with Crippen molar-refractivity contribution in [2.45, 2.75) is 37.5 Å². The summed E-state index contributed by atoms with van der Waals surface area (Å²) in [6.07, 6.45) is 5.32. The van der Waals surface area contributed by atoms with Crippen LogP contribution in [0.15, 0.2) is 24.3 Å². The highest BCUT2D eigenvalue weighted by Crippen LogP contribution is 2.36. The highest BCUT2D eigenvalue weighted by Gasteiger charge is 2.18. The molecule has 0 N–H and O–H groups in total. The van der Waals surface area contributed by atoms with Gasteiger partial charge in [0.05, 0.1) is 5.38 Å². The van der Waals surface area contributed by atoms with Crippen LogP contribution in [-0.2, 0) is 19.3 Å². The van der Waals surface area contributed by atoms with E-state index in [1.54, 1.807) is 17.4 Å².